The molecule has 0 aliphatic carbocycles. The minimum absolute atomic E-state index is 0.110. The maximum absolute atomic E-state index is 12.1. The smallest absolute Gasteiger partial charge is 0.240 e. The van der Waals surface area contributed by atoms with E-state index in [2.05, 4.69) is 13.8 Å². The highest BCUT2D eigenvalue weighted by Crippen LogP contribution is 2.25. The molecule has 0 radical (unpaired) electrons. The van der Waals surface area contributed by atoms with Crippen molar-refractivity contribution < 1.29 is 4.79 Å². The summed E-state index contributed by atoms with van der Waals surface area (Å²) in [6.07, 6.45) is 0. The molecule has 3 nitrogen and oxygen atoms in total. The fourth-order valence-corrected chi connectivity index (χ4v) is 1.88. The number of hydrogen-bond acceptors (Lipinski definition) is 2. The largest absolute Gasteiger partial charge is 0.341 e. The monoisotopic (exact) mass is 212 g/mol. The Bertz CT molecular complexity index is 234. The lowest BCUT2D eigenvalue weighted by atomic mass is 9.86. The van der Waals surface area contributed by atoms with Crippen LogP contribution in [0.4, 0.5) is 0 Å². The van der Waals surface area contributed by atoms with Gasteiger partial charge in [0.15, 0.2) is 0 Å². The van der Waals surface area contributed by atoms with Crippen LogP contribution < -0.4 is 5.73 Å². The molecular formula is C12H24N2O. The summed E-state index contributed by atoms with van der Waals surface area (Å²) < 4.78 is 0. The molecule has 0 saturated carbocycles. The van der Waals surface area contributed by atoms with Gasteiger partial charge in [-0.3, -0.25) is 4.79 Å². The van der Waals surface area contributed by atoms with Crippen LogP contribution in [0, 0.1) is 17.3 Å². The van der Waals surface area contributed by atoms with Crippen LogP contribution in [0.25, 0.3) is 0 Å². The van der Waals surface area contributed by atoms with Crippen LogP contribution in [0.2, 0.25) is 0 Å². The Hall–Kier alpha value is -0.570. The highest BCUT2D eigenvalue weighted by molar-refractivity contribution is 5.82. The van der Waals surface area contributed by atoms with E-state index in [1.807, 2.05) is 25.7 Å². The SMILES string of the molecule is CC1CN(C(=O)C(N)C(C)(C)C)CC1C. The van der Waals surface area contributed by atoms with Gasteiger partial charge in [0.25, 0.3) is 0 Å². The van der Waals surface area contributed by atoms with Gasteiger partial charge in [-0.1, -0.05) is 34.6 Å². The van der Waals surface area contributed by atoms with Crippen molar-refractivity contribution in [2.75, 3.05) is 13.1 Å². The number of nitrogens with zero attached hydrogens (tertiary/aromatic N) is 1. The van der Waals surface area contributed by atoms with E-state index >= 15 is 0 Å². The topological polar surface area (TPSA) is 46.3 Å². The molecule has 0 aromatic rings. The molecule has 3 unspecified atom stereocenters. The van der Waals surface area contributed by atoms with Crippen LogP contribution in [0.5, 0.6) is 0 Å². The van der Waals surface area contributed by atoms with Crippen molar-refractivity contribution in [3.8, 4) is 0 Å². The first kappa shape index (κ1) is 12.5. The van der Waals surface area contributed by atoms with Crippen molar-refractivity contribution in [2.45, 2.75) is 40.7 Å². The molecule has 15 heavy (non-hydrogen) atoms. The van der Waals surface area contributed by atoms with Crippen molar-refractivity contribution >= 4 is 5.91 Å². The summed E-state index contributed by atoms with van der Waals surface area (Å²) in [5.74, 6) is 1.31. The molecule has 3 atom stereocenters. The van der Waals surface area contributed by atoms with Crippen LogP contribution in [0.15, 0.2) is 0 Å². The van der Waals surface area contributed by atoms with Crippen molar-refractivity contribution in [3.05, 3.63) is 0 Å². The maximum Gasteiger partial charge on any atom is 0.240 e. The molecule has 1 saturated heterocycles. The number of amides is 1. The van der Waals surface area contributed by atoms with E-state index in [1.54, 1.807) is 0 Å². The number of rotatable bonds is 1. The molecule has 1 rings (SSSR count). The number of nitrogens with two attached hydrogens (primary N) is 1. The normalized spacial score (nSPS) is 29.3. The molecule has 1 aliphatic rings. The standard InChI is InChI=1S/C12H24N2O/c1-8-6-14(7-9(8)2)11(15)10(13)12(3,4)5/h8-10H,6-7,13H2,1-5H3. The second-order valence-corrected chi connectivity index (χ2v) is 6.04. The summed E-state index contributed by atoms with van der Waals surface area (Å²) in [5.41, 5.74) is 5.83. The molecule has 0 aromatic carbocycles. The van der Waals surface area contributed by atoms with Crippen LogP contribution in [0.3, 0.4) is 0 Å². The predicted molar refractivity (Wildman–Crippen MR) is 62.3 cm³/mol. The van der Waals surface area contributed by atoms with Crippen molar-refractivity contribution in [2.24, 2.45) is 23.0 Å². The Kier molecular flexibility index (Phi) is 3.44. The minimum atomic E-state index is -0.380. The number of carbonyl (C=O) groups excluding carboxylic acids is 1. The fraction of sp³-hybridized carbons (Fsp3) is 0.917. The van der Waals surface area contributed by atoms with E-state index in [0.717, 1.165) is 13.1 Å². The van der Waals surface area contributed by atoms with Gasteiger partial charge in [0.1, 0.15) is 0 Å². The number of carbonyl (C=O) groups is 1. The van der Waals surface area contributed by atoms with Gasteiger partial charge >= 0.3 is 0 Å². The Morgan fingerprint density at radius 2 is 1.67 bits per heavy atom. The summed E-state index contributed by atoms with van der Waals surface area (Å²) >= 11 is 0. The van der Waals surface area contributed by atoms with Gasteiger partial charge in [-0.15, -0.1) is 0 Å². The van der Waals surface area contributed by atoms with E-state index in [9.17, 15) is 4.79 Å². The van der Waals surface area contributed by atoms with Crippen LogP contribution in [0.1, 0.15) is 34.6 Å². The highest BCUT2D eigenvalue weighted by Gasteiger charge is 2.36. The molecule has 3 heteroatoms. The number of hydrogen-bond donors (Lipinski definition) is 1. The lowest BCUT2D eigenvalue weighted by Gasteiger charge is -2.29. The van der Waals surface area contributed by atoms with Gasteiger partial charge in [0.2, 0.25) is 5.91 Å². The second-order valence-electron chi connectivity index (χ2n) is 6.04. The molecule has 2 N–H and O–H groups in total. The Morgan fingerprint density at radius 3 is 2.00 bits per heavy atom. The summed E-state index contributed by atoms with van der Waals surface area (Å²) in [7, 11) is 0. The summed E-state index contributed by atoms with van der Waals surface area (Å²) in [5, 5.41) is 0. The van der Waals surface area contributed by atoms with E-state index in [-0.39, 0.29) is 17.4 Å². The first-order valence-corrected chi connectivity index (χ1v) is 5.78. The molecule has 0 spiro atoms. The van der Waals surface area contributed by atoms with Crippen LogP contribution >= 0.6 is 0 Å². The van der Waals surface area contributed by atoms with Gasteiger partial charge in [-0.25, -0.2) is 0 Å². The van der Waals surface area contributed by atoms with Gasteiger partial charge in [0.05, 0.1) is 6.04 Å². The fourth-order valence-electron chi connectivity index (χ4n) is 1.88. The first-order chi connectivity index (χ1) is 6.73. The molecule has 1 heterocycles. The van der Waals surface area contributed by atoms with E-state index in [1.165, 1.54) is 0 Å². The average Bonchev–Trinajstić information content (AvgIpc) is 2.43. The summed E-state index contributed by atoms with van der Waals surface area (Å²) in [6, 6.07) is -0.380. The second kappa shape index (κ2) is 4.12. The van der Waals surface area contributed by atoms with Crippen molar-refractivity contribution in [1.82, 2.24) is 4.90 Å². The quantitative estimate of drug-likeness (QED) is 0.715. The van der Waals surface area contributed by atoms with Crippen LogP contribution in [-0.2, 0) is 4.79 Å². The molecule has 0 bridgehead atoms. The molecular weight excluding hydrogens is 188 g/mol. The maximum atomic E-state index is 12.1. The Labute approximate surface area is 93.0 Å². The molecule has 1 fully saturated rings. The van der Waals surface area contributed by atoms with E-state index < -0.39 is 0 Å². The van der Waals surface area contributed by atoms with Crippen molar-refractivity contribution in [1.29, 1.82) is 0 Å². The molecule has 1 amide bonds. The van der Waals surface area contributed by atoms with Crippen LogP contribution in [-0.4, -0.2) is 29.9 Å². The lowest BCUT2D eigenvalue weighted by Crippen LogP contribution is -2.49. The summed E-state index contributed by atoms with van der Waals surface area (Å²) in [6.45, 7) is 12.2. The predicted octanol–water partition coefficient (Wildman–Crippen LogP) is 1.47. The zero-order valence-corrected chi connectivity index (χ0v) is 10.6. The highest BCUT2D eigenvalue weighted by atomic mass is 16.2. The van der Waals surface area contributed by atoms with Gasteiger partial charge in [0, 0.05) is 13.1 Å². The molecule has 88 valence electrons. The third-order valence-electron chi connectivity index (χ3n) is 3.50. The molecule has 1 aliphatic heterocycles. The van der Waals surface area contributed by atoms with E-state index in [0.29, 0.717) is 11.8 Å². The minimum Gasteiger partial charge on any atom is -0.341 e. The zero-order valence-electron chi connectivity index (χ0n) is 10.6. The summed E-state index contributed by atoms with van der Waals surface area (Å²) in [4.78, 5) is 14.0. The Morgan fingerprint density at radius 1 is 1.27 bits per heavy atom. The lowest BCUT2D eigenvalue weighted by molar-refractivity contribution is -0.134. The van der Waals surface area contributed by atoms with Gasteiger partial charge < -0.3 is 10.6 Å². The molecule has 0 aromatic heterocycles. The average molecular weight is 212 g/mol. The van der Waals surface area contributed by atoms with Gasteiger partial charge in [-0.05, 0) is 17.3 Å². The zero-order chi connectivity index (χ0) is 11.8. The Balaban J connectivity index is 2.63. The number of likely N-dealkylation sites (tertiary alicyclic amines) is 1. The van der Waals surface area contributed by atoms with Crippen molar-refractivity contribution in [3.63, 3.8) is 0 Å². The third kappa shape index (κ3) is 2.71. The van der Waals surface area contributed by atoms with Gasteiger partial charge in [-0.2, -0.15) is 0 Å². The van der Waals surface area contributed by atoms with E-state index in [4.69, 9.17) is 5.73 Å². The first-order valence-electron chi connectivity index (χ1n) is 5.78. The third-order valence-corrected chi connectivity index (χ3v) is 3.50.